The molecule has 0 bridgehead atoms. The maximum absolute atomic E-state index is 13.7. The minimum Gasteiger partial charge on any atom is -0.486 e. The lowest BCUT2D eigenvalue weighted by molar-refractivity contribution is -0.123. The molecule has 2 aliphatic rings. The summed E-state index contributed by atoms with van der Waals surface area (Å²) in [5, 5.41) is 3.61. The molecule has 0 aromatic heterocycles. The quantitative estimate of drug-likeness (QED) is 0.394. The highest BCUT2D eigenvalue weighted by atomic mass is 35.5. The SMILES string of the molecule is CC(NC(=O)CN1C(=O)C(=Cc2ccc(Cl)cc2)Oc2ccc(C(C)(C)C)cc21)c1ccc2c(c1)OCCO2. The van der Waals surface area contributed by atoms with Crippen LogP contribution in [0.1, 0.15) is 50.4 Å². The summed E-state index contributed by atoms with van der Waals surface area (Å²) >= 11 is 6.02. The first-order valence-corrected chi connectivity index (χ1v) is 13.3. The van der Waals surface area contributed by atoms with Gasteiger partial charge in [-0.3, -0.25) is 14.5 Å². The molecule has 2 amide bonds. The standard InChI is InChI=1S/C31H31ClN2O5/c1-19(21-7-11-26-27(16-21)38-14-13-37-26)33-29(35)18-34-24-17-22(31(2,3)4)8-12-25(24)39-28(30(34)36)15-20-5-9-23(32)10-6-20/h5-12,15-17,19H,13-14,18H2,1-4H3,(H,33,35). The van der Waals surface area contributed by atoms with Crippen LogP contribution in [-0.2, 0) is 15.0 Å². The third-order valence-corrected chi connectivity index (χ3v) is 6.96. The van der Waals surface area contributed by atoms with E-state index in [4.69, 9.17) is 25.8 Å². The van der Waals surface area contributed by atoms with Gasteiger partial charge in [0, 0.05) is 5.02 Å². The van der Waals surface area contributed by atoms with Gasteiger partial charge in [-0.05, 0) is 71.5 Å². The van der Waals surface area contributed by atoms with Gasteiger partial charge in [-0.25, -0.2) is 0 Å². The molecule has 2 heterocycles. The van der Waals surface area contributed by atoms with Crippen molar-refractivity contribution in [3.8, 4) is 17.2 Å². The summed E-state index contributed by atoms with van der Waals surface area (Å²) in [5.41, 5.74) is 3.06. The summed E-state index contributed by atoms with van der Waals surface area (Å²) in [7, 11) is 0. The molecule has 3 aromatic carbocycles. The monoisotopic (exact) mass is 546 g/mol. The minimum absolute atomic E-state index is 0.126. The summed E-state index contributed by atoms with van der Waals surface area (Å²) < 4.78 is 17.3. The van der Waals surface area contributed by atoms with Crippen molar-refractivity contribution in [3.05, 3.63) is 88.1 Å². The van der Waals surface area contributed by atoms with Gasteiger partial charge >= 0.3 is 0 Å². The van der Waals surface area contributed by atoms with E-state index in [-0.39, 0.29) is 29.7 Å². The summed E-state index contributed by atoms with van der Waals surface area (Å²) in [4.78, 5) is 28.4. The van der Waals surface area contributed by atoms with Crippen molar-refractivity contribution >= 4 is 35.2 Å². The molecule has 1 N–H and O–H groups in total. The van der Waals surface area contributed by atoms with Crippen LogP contribution in [0.3, 0.4) is 0 Å². The smallest absolute Gasteiger partial charge is 0.294 e. The molecule has 0 radical (unpaired) electrons. The van der Waals surface area contributed by atoms with Crippen molar-refractivity contribution in [3.63, 3.8) is 0 Å². The molecule has 1 unspecified atom stereocenters. The summed E-state index contributed by atoms with van der Waals surface area (Å²) in [6.07, 6.45) is 1.65. The van der Waals surface area contributed by atoms with E-state index in [2.05, 4.69) is 26.1 Å². The maximum Gasteiger partial charge on any atom is 0.294 e. The first-order valence-electron chi connectivity index (χ1n) is 12.9. The number of amides is 2. The van der Waals surface area contributed by atoms with Crippen LogP contribution in [-0.4, -0.2) is 31.6 Å². The Bertz CT molecular complexity index is 1440. The van der Waals surface area contributed by atoms with Gasteiger partial charge in [0.25, 0.3) is 5.91 Å². The molecule has 3 aromatic rings. The van der Waals surface area contributed by atoms with Gasteiger partial charge in [0.1, 0.15) is 19.8 Å². The van der Waals surface area contributed by atoms with E-state index in [9.17, 15) is 9.59 Å². The number of ether oxygens (including phenoxy) is 3. The Morgan fingerprint density at radius 2 is 1.69 bits per heavy atom. The van der Waals surface area contributed by atoms with Crippen LogP contribution in [0.25, 0.3) is 6.08 Å². The van der Waals surface area contributed by atoms with Gasteiger partial charge in [0.05, 0.1) is 11.7 Å². The van der Waals surface area contributed by atoms with Crippen molar-refractivity contribution in [2.24, 2.45) is 0 Å². The molecule has 7 nitrogen and oxygen atoms in total. The second-order valence-electron chi connectivity index (χ2n) is 10.7. The second kappa shape index (κ2) is 10.7. The molecular formula is C31H31ClN2O5. The Hall–Kier alpha value is -3.97. The van der Waals surface area contributed by atoms with Gasteiger partial charge in [0.2, 0.25) is 5.91 Å². The normalized spacial score (nSPS) is 16.4. The summed E-state index contributed by atoms with van der Waals surface area (Å²) in [6.45, 7) is 9.00. The van der Waals surface area contributed by atoms with Crippen molar-refractivity contribution in [1.29, 1.82) is 0 Å². The van der Waals surface area contributed by atoms with Crippen molar-refractivity contribution in [1.82, 2.24) is 5.32 Å². The van der Waals surface area contributed by atoms with Gasteiger partial charge in [0.15, 0.2) is 23.0 Å². The van der Waals surface area contributed by atoms with Crippen LogP contribution in [0.15, 0.2) is 66.4 Å². The number of hydrogen-bond acceptors (Lipinski definition) is 5. The first kappa shape index (κ1) is 26.6. The van der Waals surface area contributed by atoms with E-state index >= 15 is 0 Å². The molecule has 5 rings (SSSR count). The van der Waals surface area contributed by atoms with Crippen LogP contribution in [0, 0.1) is 0 Å². The Morgan fingerprint density at radius 1 is 1.00 bits per heavy atom. The van der Waals surface area contributed by atoms with Crippen molar-refractivity contribution in [2.45, 2.75) is 39.2 Å². The third kappa shape index (κ3) is 5.88. The summed E-state index contributed by atoms with van der Waals surface area (Å²) in [5.74, 6) is 1.28. The van der Waals surface area contributed by atoms with Gasteiger partial charge in [-0.1, -0.05) is 56.6 Å². The highest BCUT2D eigenvalue weighted by Crippen LogP contribution is 2.39. The fraction of sp³-hybridized carbons (Fsp3) is 0.290. The predicted molar refractivity (Wildman–Crippen MR) is 152 cm³/mol. The van der Waals surface area contributed by atoms with E-state index in [0.717, 1.165) is 16.7 Å². The lowest BCUT2D eigenvalue weighted by Crippen LogP contribution is -2.44. The van der Waals surface area contributed by atoms with E-state index in [1.54, 1.807) is 30.3 Å². The number of hydrogen-bond donors (Lipinski definition) is 1. The lowest BCUT2D eigenvalue weighted by Gasteiger charge is -2.32. The number of halogens is 1. The van der Waals surface area contributed by atoms with Crippen LogP contribution >= 0.6 is 11.6 Å². The van der Waals surface area contributed by atoms with E-state index < -0.39 is 5.91 Å². The molecule has 0 fully saturated rings. The molecule has 0 spiro atoms. The highest BCUT2D eigenvalue weighted by Gasteiger charge is 2.33. The Kier molecular flexibility index (Phi) is 7.28. The molecule has 39 heavy (non-hydrogen) atoms. The Balaban J connectivity index is 1.41. The van der Waals surface area contributed by atoms with Crippen molar-refractivity contribution in [2.75, 3.05) is 24.7 Å². The molecule has 202 valence electrons. The number of anilines is 1. The van der Waals surface area contributed by atoms with E-state index in [0.29, 0.717) is 41.2 Å². The molecule has 0 aliphatic carbocycles. The number of fused-ring (bicyclic) bond motifs is 2. The van der Waals surface area contributed by atoms with Crippen LogP contribution < -0.4 is 24.4 Å². The molecule has 1 atom stereocenters. The largest absolute Gasteiger partial charge is 0.486 e. The molecule has 2 aliphatic heterocycles. The van der Waals surface area contributed by atoms with E-state index in [1.807, 2.05) is 43.3 Å². The number of rotatable bonds is 5. The van der Waals surface area contributed by atoms with Gasteiger partial charge in [-0.15, -0.1) is 0 Å². The lowest BCUT2D eigenvalue weighted by atomic mass is 9.86. The second-order valence-corrected chi connectivity index (χ2v) is 11.1. The molecule has 0 saturated heterocycles. The topological polar surface area (TPSA) is 77.1 Å². The Labute approximate surface area is 233 Å². The fourth-order valence-corrected chi connectivity index (χ4v) is 4.61. The number of nitrogens with one attached hydrogen (secondary N) is 1. The number of benzene rings is 3. The third-order valence-electron chi connectivity index (χ3n) is 6.70. The predicted octanol–water partition coefficient (Wildman–Crippen LogP) is 6.05. The Morgan fingerprint density at radius 3 is 2.41 bits per heavy atom. The molecule has 8 heteroatoms. The highest BCUT2D eigenvalue weighted by molar-refractivity contribution is 6.30. The number of carbonyl (C=O) groups excluding carboxylic acids is 2. The van der Waals surface area contributed by atoms with Crippen LogP contribution in [0.4, 0.5) is 5.69 Å². The maximum atomic E-state index is 13.7. The van der Waals surface area contributed by atoms with Crippen LogP contribution in [0.5, 0.6) is 17.2 Å². The number of nitrogens with zero attached hydrogens (tertiary/aromatic N) is 1. The van der Waals surface area contributed by atoms with E-state index in [1.165, 1.54) is 4.90 Å². The minimum atomic E-state index is -0.398. The van der Waals surface area contributed by atoms with Gasteiger partial charge in [-0.2, -0.15) is 0 Å². The number of carbonyl (C=O) groups is 2. The average Bonchev–Trinajstić information content (AvgIpc) is 2.91. The average molecular weight is 547 g/mol. The van der Waals surface area contributed by atoms with Crippen molar-refractivity contribution < 1.29 is 23.8 Å². The molecule has 0 saturated carbocycles. The zero-order valence-corrected chi connectivity index (χ0v) is 23.2. The van der Waals surface area contributed by atoms with Gasteiger partial charge < -0.3 is 19.5 Å². The van der Waals surface area contributed by atoms with Crippen LogP contribution in [0.2, 0.25) is 5.02 Å². The zero-order valence-electron chi connectivity index (χ0n) is 22.4. The fourth-order valence-electron chi connectivity index (χ4n) is 4.49. The molecular weight excluding hydrogens is 516 g/mol. The first-order chi connectivity index (χ1) is 18.6. The zero-order chi connectivity index (χ0) is 27.7. The summed E-state index contributed by atoms with van der Waals surface area (Å²) in [6, 6.07) is 18.1.